The smallest absolute Gasteiger partial charge is 0.408 e. The van der Waals surface area contributed by atoms with Gasteiger partial charge in [-0.2, -0.15) is 0 Å². The number of amides is 1. The maximum atomic E-state index is 12.3. The standard InChI is InChI=1S/C11H19F2NO4/c1-5-17-9(15)7(6-8(12)13)14-10(16)18-11(2,3)4/h7-8H,5-6H2,1-4H3,(H,14,16)/t7-/m1/s1. The van der Waals surface area contributed by atoms with Crippen molar-refractivity contribution in [2.24, 2.45) is 0 Å². The number of carbonyl (C=O) groups excluding carboxylic acids is 2. The van der Waals surface area contributed by atoms with Crippen molar-refractivity contribution in [1.82, 2.24) is 5.32 Å². The average molecular weight is 267 g/mol. The van der Waals surface area contributed by atoms with Gasteiger partial charge < -0.3 is 14.8 Å². The minimum absolute atomic E-state index is 0.0502. The number of alkyl halides is 2. The maximum Gasteiger partial charge on any atom is 0.408 e. The lowest BCUT2D eigenvalue weighted by atomic mass is 10.2. The second-order valence-corrected chi connectivity index (χ2v) is 4.58. The predicted octanol–water partition coefficient (Wildman–Crippen LogP) is 2.10. The van der Waals surface area contributed by atoms with E-state index in [9.17, 15) is 18.4 Å². The molecule has 0 unspecified atom stereocenters. The lowest BCUT2D eigenvalue weighted by molar-refractivity contribution is -0.146. The summed E-state index contributed by atoms with van der Waals surface area (Å²) in [5.41, 5.74) is -0.770. The Morgan fingerprint density at radius 1 is 1.28 bits per heavy atom. The molecule has 7 heteroatoms. The van der Waals surface area contributed by atoms with Crippen LogP contribution in [0.15, 0.2) is 0 Å². The summed E-state index contributed by atoms with van der Waals surface area (Å²) in [6.45, 7) is 6.47. The van der Waals surface area contributed by atoms with E-state index < -0.39 is 36.6 Å². The summed E-state index contributed by atoms with van der Waals surface area (Å²) in [7, 11) is 0. The van der Waals surface area contributed by atoms with Gasteiger partial charge in [0.05, 0.1) is 6.61 Å². The van der Waals surface area contributed by atoms with Crippen LogP contribution >= 0.6 is 0 Å². The zero-order chi connectivity index (χ0) is 14.3. The number of carbonyl (C=O) groups is 2. The maximum absolute atomic E-state index is 12.3. The Morgan fingerprint density at radius 2 is 1.83 bits per heavy atom. The van der Waals surface area contributed by atoms with Gasteiger partial charge in [0.25, 0.3) is 0 Å². The summed E-state index contributed by atoms with van der Waals surface area (Å²) in [4.78, 5) is 22.7. The molecule has 106 valence electrons. The summed E-state index contributed by atoms with van der Waals surface area (Å²) >= 11 is 0. The molecule has 0 aromatic rings. The Kier molecular flexibility index (Phi) is 6.57. The molecular formula is C11H19F2NO4. The van der Waals surface area contributed by atoms with E-state index in [0.29, 0.717) is 0 Å². The molecule has 0 aromatic carbocycles. The van der Waals surface area contributed by atoms with Crippen LogP contribution in [0.4, 0.5) is 13.6 Å². The van der Waals surface area contributed by atoms with E-state index in [1.807, 2.05) is 0 Å². The normalized spacial score (nSPS) is 13.1. The van der Waals surface area contributed by atoms with Crippen LogP contribution in [-0.2, 0) is 14.3 Å². The lowest BCUT2D eigenvalue weighted by Gasteiger charge is -2.22. The number of ether oxygens (including phenoxy) is 2. The first-order valence-electron chi connectivity index (χ1n) is 5.60. The molecule has 0 bridgehead atoms. The Hall–Kier alpha value is -1.40. The Morgan fingerprint density at radius 3 is 2.22 bits per heavy atom. The van der Waals surface area contributed by atoms with Gasteiger partial charge in [0.15, 0.2) is 0 Å². The Balaban J connectivity index is 4.49. The third kappa shape index (κ3) is 7.81. The number of alkyl carbamates (subject to hydrolysis) is 1. The molecule has 18 heavy (non-hydrogen) atoms. The molecule has 1 N–H and O–H groups in total. The summed E-state index contributed by atoms with van der Waals surface area (Å²) in [6, 6.07) is -1.40. The van der Waals surface area contributed by atoms with Crippen molar-refractivity contribution in [3.8, 4) is 0 Å². The van der Waals surface area contributed by atoms with Crippen molar-refractivity contribution in [2.45, 2.75) is 52.2 Å². The highest BCUT2D eigenvalue weighted by molar-refractivity contribution is 5.81. The fourth-order valence-corrected chi connectivity index (χ4v) is 1.08. The van der Waals surface area contributed by atoms with E-state index in [1.54, 1.807) is 27.7 Å². The second-order valence-electron chi connectivity index (χ2n) is 4.58. The first-order chi connectivity index (χ1) is 8.15. The van der Waals surface area contributed by atoms with Crippen LogP contribution in [0.2, 0.25) is 0 Å². The van der Waals surface area contributed by atoms with Gasteiger partial charge in [-0.1, -0.05) is 0 Å². The fourth-order valence-electron chi connectivity index (χ4n) is 1.08. The van der Waals surface area contributed by atoms with E-state index in [4.69, 9.17) is 4.74 Å². The van der Waals surface area contributed by atoms with Crippen LogP contribution in [0.5, 0.6) is 0 Å². The first-order valence-corrected chi connectivity index (χ1v) is 5.60. The molecule has 0 saturated carbocycles. The van der Waals surface area contributed by atoms with Gasteiger partial charge in [0, 0.05) is 6.42 Å². The van der Waals surface area contributed by atoms with E-state index in [2.05, 4.69) is 10.1 Å². The number of nitrogens with one attached hydrogen (secondary N) is 1. The second kappa shape index (κ2) is 7.13. The summed E-state index contributed by atoms with van der Waals surface area (Å²) in [6.07, 6.45) is -4.46. The van der Waals surface area contributed by atoms with Gasteiger partial charge in [-0.3, -0.25) is 0 Å². The Bertz CT molecular complexity index is 289. The minimum atomic E-state index is -2.73. The molecule has 0 rings (SSSR count). The van der Waals surface area contributed by atoms with E-state index in [1.165, 1.54) is 0 Å². The van der Waals surface area contributed by atoms with Crippen LogP contribution in [0.1, 0.15) is 34.1 Å². The van der Waals surface area contributed by atoms with E-state index in [-0.39, 0.29) is 6.61 Å². The van der Waals surface area contributed by atoms with Gasteiger partial charge in [-0.25, -0.2) is 18.4 Å². The highest BCUT2D eigenvalue weighted by Crippen LogP contribution is 2.10. The molecule has 1 amide bonds. The van der Waals surface area contributed by atoms with Crippen LogP contribution < -0.4 is 5.32 Å². The lowest BCUT2D eigenvalue weighted by Crippen LogP contribution is -2.45. The average Bonchev–Trinajstić information content (AvgIpc) is 2.13. The van der Waals surface area contributed by atoms with Gasteiger partial charge >= 0.3 is 12.1 Å². The molecule has 5 nitrogen and oxygen atoms in total. The third-order valence-electron chi connectivity index (χ3n) is 1.68. The molecule has 0 fully saturated rings. The van der Waals surface area contributed by atoms with Crippen molar-refractivity contribution < 1.29 is 27.8 Å². The molecular weight excluding hydrogens is 248 g/mol. The van der Waals surface area contributed by atoms with Crippen LogP contribution in [0, 0.1) is 0 Å². The summed E-state index contributed by atoms with van der Waals surface area (Å²) in [5, 5.41) is 2.07. The highest BCUT2D eigenvalue weighted by Gasteiger charge is 2.28. The Labute approximate surface area is 105 Å². The van der Waals surface area contributed by atoms with Crippen molar-refractivity contribution in [2.75, 3.05) is 6.61 Å². The number of hydrogen-bond donors (Lipinski definition) is 1. The quantitative estimate of drug-likeness (QED) is 0.775. The highest BCUT2D eigenvalue weighted by atomic mass is 19.3. The number of rotatable bonds is 5. The minimum Gasteiger partial charge on any atom is -0.464 e. The topological polar surface area (TPSA) is 64.6 Å². The van der Waals surface area contributed by atoms with Crippen LogP contribution in [-0.4, -0.2) is 36.7 Å². The van der Waals surface area contributed by atoms with Crippen LogP contribution in [0.25, 0.3) is 0 Å². The zero-order valence-corrected chi connectivity index (χ0v) is 11.0. The molecule has 0 heterocycles. The molecule has 0 saturated heterocycles. The van der Waals surface area contributed by atoms with Crippen molar-refractivity contribution in [1.29, 1.82) is 0 Å². The largest absolute Gasteiger partial charge is 0.464 e. The molecule has 0 radical (unpaired) electrons. The zero-order valence-electron chi connectivity index (χ0n) is 11.0. The predicted molar refractivity (Wildman–Crippen MR) is 60.4 cm³/mol. The molecule has 0 aromatic heterocycles. The van der Waals surface area contributed by atoms with E-state index in [0.717, 1.165) is 0 Å². The SMILES string of the molecule is CCOC(=O)[C@@H](CC(F)F)NC(=O)OC(C)(C)C. The fraction of sp³-hybridized carbons (Fsp3) is 0.818. The number of hydrogen-bond acceptors (Lipinski definition) is 4. The molecule has 0 aliphatic carbocycles. The molecule has 0 aliphatic heterocycles. The monoisotopic (exact) mass is 267 g/mol. The van der Waals surface area contributed by atoms with Gasteiger partial charge in [0.2, 0.25) is 6.43 Å². The van der Waals surface area contributed by atoms with E-state index >= 15 is 0 Å². The van der Waals surface area contributed by atoms with Crippen molar-refractivity contribution in [3.63, 3.8) is 0 Å². The third-order valence-corrected chi connectivity index (χ3v) is 1.68. The molecule has 0 aliphatic rings. The summed E-state index contributed by atoms with van der Waals surface area (Å²) in [5.74, 6) is -0.899. The number of halogens is 2. The van der Waals surface area contributed by atoms with Gasteiger partial charge in [-0.05, 0) is 27.7 Å². The molecule has 1 atom stereocenters. The van der Waals surface area contributed by atoms with Crippen LogP contribution in [0.3, 0.4) is 0 Å². The number of esters is 1. The van der Waals surface area contributed by atoms with Gasteiger partial charge in [0.1, 0.15) is 11.6 Å². The molecule has 0 spiro atoms. The van der Waals surface area contributed by atoms with Gasteiger partial charge in [-0.15, -0.1) is 0 Å². The van der Waals surface area contributed by atoms with Crippen molar-refractivity contribution >= 4 is 12.1 Å². The summed E-state index contributed by atoms with van der Waals surface area (Å²) < 4.78 is 34.0. The van der Waals surface area contributed by atoms with Crippen molar-refractivity contribution in [3.05, 3.63) is 0 Å². The first kappa shape index (κ1) is 16.6.